The van der Waals surface area contributed by atoms with Gasteiger partial charge >= 0.3 is 0 Å². The zero-order chi connectivity index (χ0) is 13.3. The molecule has 0 saturated carbocycles. The Balaban J connectivity index is 2.22. The lowest BCUT2D eigenvalue weighted by atomic mass is 10.3. The Morgan fingerprint density at radius 2 is 2.22 bits per heavy atom. The molecule has 0 aliphatic rings. The predicted octanol–water partition coefficient (Wildman–Crippen LogP) is 2.79. The molecule has 1 aromatic carbocycles. The van der Waals surface area contributed by atoms with Crippen molar-refractivity contribution < 1.29 is 9.13 Å². The van der Waals surface area contributed by atoms with Gasteiger partial charge in [0.2, 0.25) is 0 Å². The molecule has 0 bridgehead atoms. The lowest BCUT2D eigenvalue weighted by Gasteiger charge is -2.10. The van der Waals surface area contributed by atoms with Crippen molar-refractivity contribution in [3.8, 4) is 5.75 Å². The molecule has 0 unspecified atom stereocenters. The molecule has 0 aliphatic carbocycles. The van der Waals surface area contributed by atoms with Crippen molar-refractivity contribution in [1.82, 2.24) is 9.78 Å². The maximum atomic E-state index is 13.5. The maximum absolute atomic E-state index is 13.5. The molecule has 1 aromatic heterocycles. The molecule has 0 radical (unpaired) electrons. The minimum absolute atomic E-state index is 0.0725. The van der Waals surface area contributed by atoms with Crippen molar-refractivity contribution in [3.05, 3.63) is 39.9 Å². The SMILES string of the molecule is Cc1nn(C)c(COc2c(N)cccc2F)c1Br. The van der Waals surface area contributed by atoms with Crippen LogP contribution >= 0.6 is 15.9 Å². The number of hydrogen-bond donors (Lipinski definition) is 1. The summed E-state index contributed by atoms with van der Waals surface area (Å²) in [5.74, 6) is -0.395. The lowest BCUT2D eigenvalue weighted by molar-refractivity contribution is 0.281. The highest BCUT2D eigenvalue weighted by Gasteiger charge is 2.13. The molecule has 2 N–H and O–H groups in total. The smallest absolute Gasteiger partial charge is 0.178 e. The molecule has 0 fully saturated rings. The number of nitrogens with two attached hydrogens (primary N) is 1. The second kappa shape index (κ2) is 4.97. The predicted molar refractivity (Wildman–Crippen MR) is 70.8 cm³/mol. The third kappa shape index (κ3) is 2.33. The Kier molecular flexibility index (Phi) is 3.56. The van der Waals surface area contributed by atoms with Gasteiger partial charge in [-0.25, -0.2) is 4.39 Å². The summed E-state index contributed by atoms with van der Waals surface area (Å²) < 4.78 is 21.5. The largest absolute Gasteiger partial charge is 0.482 e. The number of aryl methyl sites for hydroxylation is 2. The molecule has 0 atom stereocenters. The summed E-state index contributed by atoms with van der Waals surface area (Å²) in [4.78, 5) is 0. The van der Waals surface area contributed by atoms with Crippen LogP contribution in [0.4, 0.5) is 10.1 Å². The van der Waals surface area contributed by atoms with Crippen LogP contribution in [0.2, 0.25) is 0 Å². The van der Waals surface area contributed by atoms with Crippen molar-refractivity contribution in [3.63, 3.8) is 0 Å². The Bertz CT molecular complexity index is 563. The standard InChI is InChI=1S/C12H13BrFN3O/c1-7-11(13)10(17(2)16-7)6-18-12-8(14)4-3-5-9(12)15/h3-5H,6,15H2,1-2H3. The van der Waals surface area contributed by atoms with E-state index in [1.54, 1.807) is 23.9 Å². The summed E-state index contributed by atoms with van der Waals surface area (Å²) in [6.45, 7) is 2.08. The summed E-state index contributed by atoms with van der Waals surface area (Å²) in [5, 5.41) is 4.23. The number of ether oxygens (including phenoxy) is 1. The number of benzene rings is 1. The number of nitrogens with zero attached hydrogens (tertiary/aromatic N) is 2. The number of rotatable bonds is 3. The van der Waals surface area contributed by atoms with E-state index in [-0.39, 0.29) is 18.0 Å². The van der Waals surface area contributed by atoms with Gasteiger partial charge in [-0.3, -0.25) is 4.68 Å². The molecule has 0 spiro atoms. The minimum Gasteiger partial charge on any atom is -0.482 e. The van der Waals surface area contributed by atoms with E-state index in [9.17, 15) is 4.39 Å². The fourth-order valence-electron chi connectivity index (χ4n) is 1.66. The highest BCUT2D eigenvalue weighted by Crippen LogP contribution is 2.27. The fraction of sp³-hybridized carbons (Fsp3) is 0.250. The van der Waals surface area contributed by atoms with E-state index >= 15 is 0 Å². The molecule has 96 valence electrons. The van der Waals surface area contributed by atoms with Crippen LogP contribution in [0.5, 0.6) is 5.75 Å². The third-order valence-corrected chi connectivity index (χ3v) is 3.64. The first-order valence-electron chi connectivity index (χ1n) is 5.35. The first kappa shape index (κ1) is 12.9. The molecule has 0 aliphatic heterocycles. The number of nitrogen functional groups attached to an aromatic ring is 1. The van der Waals surface area contributed by atoms with Gasteiger partial charge in [0.1, 0.15) is 6.61 Å². The van der Waals surface area contributed by atoms with E-state index in [0.717, 1.165) is 15.9 Å². The van der Waals surface area contributed by atoms with Crippen LogP contribution in [-0.4, -0.2) is 9.78 Å². The van der Waals surface area contributed by atoms with Crippen LogP contribution in [0.25, 0.3) is 0 Å². The van der Waals surface area contributed by atoms with Gasteiger partial charge in [-0.05, 0) is 35.0 Å². The van der Waals surface area contributed by atoms with Gasteiger partial charge in [-0.1, -0.05) is 6.07 Å². The van der Waals surface area contributed by atoms with Gasteiger partial charge in [0.15, 0.2) is 11.6 Å². The van der Waals surface area contributed by atoms with Gasteiger partial charge in [0, 0.05) is 7.05 Å². The molecule has 2 aromatic rings. The molecule has 2 rings (SSSR count). The van der Waals surface area contributed by atoms with Gasteiger partial charge in [-0.15, -0.1) is 0 Å². The molecule has 0 amide bonds. The highest BCUT2D eigenvalue weighted by molar-refractivity contribution is 9.10. The first-order valence-corrected chi connectivity index (χ1v) is 6.14. The topological polar surface area (TPSA) is 53.1 Å². The number of aromatic nitrogens is 2. The van der Waals surface area contributed by atoms with Gasteiger partial charge in [-0.2, -0.15) is 5.10 Å². The van der Waals surface area contributed by atoms with Gasteiger partial charge in [0.05, 0.1) is 21.5 Å². The van der Waals surface area contributed by atoms with Crippen LogP contribution in [-0.2, 0) is 13.7 Å². The van der Waals surface area contributed by atoms with Crippen LogP contribution in [0.1, 0.15) is 11.4 Å². The van der Waals surface area contributed by atoms with Crippen LogP contribution in [0, 0.1) is 12.7 Å². The van der Waals surface area contributed by atoms with E-state index in [0.29, 0.717) is 0 Å². The lowest BCUT2D eigenvalue weighted by Crippen LogP contribution is -2.06. The summed E-state index contributed by atoms with van der Waals surface area (Å²) in [6.07, 6.45) is 0. The monoisotopic (exact) mass is 313 g/mol. The molecular weight excluding hydrogens is 301 g/mol. The number of anilines is 1. The molecule has 1 heterocycles. The Labute approximate surface area is 113 Å². The number of halogens is 2. The normalized spacial score (nSPS) is 10.7. The molecule has 6 heteroatoms. The fourth-order valence-corrected chi connectivity index (χ4v) is 2.11. The third-order valence-electron chi connectivity index (χ3n) is 2.61. The minimum atomic E-state index is -0.468. The summed E-state index contributed by atoms with van der Waals surface area (Å²) >= 11 is 3.42. The summed E-state index contributed by atoms with van der Waals surface area (Å²) in [5.41, 5.74) is 7.64. The van der Waals surface area contributed by atoms with Gasteiger partial charge < -0.3 is 10.5 Å². The second-order valence-corrected chi connectivity index (χ2v) is 4.71. The van der Waals surface area contributed by atoms with Gasteiger partial charge in [0.25, 0.3) is 0 Å². The Hall–Kier alpha value is -1.56. The van der Waals surface area contributed by atoms with Crippen molar-refractivity contribution >= 4 is 21.6 Å². The van der Waals surface area contributed by atoms with E-state index in [2.05, 4.69) is 21.0 Å². The summed E-state index contributed by atoms with van der Waals surface area (Å²) in [6, 6.07) is 4.46. The zero-order valence-electron chi connectivity index (χ0n) is 10.1. The average Bonchev–Trinajstić information content (AvgIpc) is 2.54. The molecule has 4 nitrogen and oxygen atoms in total. The Morgan fingerprint density at radius 1 is 1.50 bits per heavy atom. The van der Waals surface area contributed by atoms with Crippen LogP contribution < -0.4 is 10.5 Å². The molecular formula is C12H13BrFN3O. The zero-order valence-corrected chi connectivity index (χ0v) is 11.7. The highest BCUT2D eigenvalue weighted by atomic mass is 79.9. The Morgan fingerprint density at radius 3 is 2.78 bits per heavy atom. The maximum Gasteiger partial charge on any atom is 0.178 e. The van der Waals surface area contributed by atoms with E-state index in [1.165, 1.54) is 6.07 Å². The summed E-state index contributed by atoms with van der Waals surface area (Å²) in [7, 11) is 1.81. The van der Waals surface area contributed by atoms with Crippen molar-refractivity contribution in [2.75, 3.05) is 5.73 Å². The van der Waals surface area contributed by atoms with Crippen molar-refractivity contribution in [1.29, 1.82) is 0 Å². The van der Waals surface area contributed by atoms with E-state index in [1.807, 2.05) is 6.92 Å². The number of hydrogen-bond acceptors (Lipinski definition) is 3. The van der Waals surface area contributed by atoms with Crippen LogP contribution in [0.15, 0.2) is 22.7 Å². The molecule has 18 heavy (non-hydrogen) atoms. The average molecular weight is 314 g/mol. The van der Waals surface area contributed by atoms with Crippen molar-refractivity contribution in [2.24, 2.45) is 7.05 Å². The van der Waals surface area contributed by atoms with E-state index in [4.69, 9.17) is 10.5 Å². The van der Waals surface area contributed by atoms with Crippen molar-refractivity contribution in [2.45, 2.75) is 13.5 Å². The van der Waals surface area contributed by atoms with E-state index < -0.39 is 5.82 Å². The van der Waals surface area contributed by atoms with Crippen LogP contribution in [0.3, 0.4) is 0 Å². The number of para-hydroxylation sites is 1. The quantitative estimate of drug-likeness (QED) is 0.886. The molecule has 0 saturated heterocycles. The first-order chi connectivity index (χ1) is 8.50. The second-order valence-electron chi connectivity index (χ2n) is 3.92.